The van der Waals surface area contributed by atoms with Crippen LogP contribution in [0.15, 0.2) is 42.5 Å². The van der Waals surface area contributed by atoms with Crippen LogP contribution in [-0.2, 0) is 18.4 Å². The van der Waals surface area contributed by atoms with E-state index in [1.54, 1.807) is 0 Å². The number of nitrogens with one attached hydrogen (secondary N) is 1. The first-order valence-corrected chi connectivity index (χ1v) is 12.5. The fourth-order valence-electron chi connectivity index (χ4n) is 6.18. The van der Waals surface area contributed by atoms with Gasteiger partial charge in [0.2, 0.25) is 5.91 Å². The van der Waals surface area contributed by atoms with Gasteiger partial charge < -0.3 is 20.9 Å². The maximum absolute atomic E-state index is 16.1. The molecule has 1 unspecified atom stereocenters. The Morgan fingerprint density at radius 3 is 2.64 bits per heavy atom. The molecule has 1 fully saturated rings. The molecule has 3 aliphatic rings. The van der Waals surface area contributed by atoms with Gasteiger partial charge in [-0.05, 0) is 49.4 Å². The van der Waals surface area contributed by atoms with Crippen molar-refractivity contribution in [2.45, 2.75) is 49.9 Å². The third kappa shape index (κ3) is 3.37. The average molecular weight is 511 g/mol. The van der Waals surface area contributed by atoms with Crippen LogP contribution in [-0.4, -0.2) is 23.6 Å². The highest BCUT2D eigenvalue weighted by Crippen LogP contribution is 2.53. The Hall–Kier alpha value is -3.00. The molecule has 2 aliphatic heterocycles. The first kappa shape index (κ1) is 23.4. The van der Waals surface area contributed by atoms with Gasteiger partial charge in [0.25, 0.3) is 0 Å². The van der Waals surface area contributed by atoms with E-state index in [4.69, 9.17) is 22.1 Å². The Labute approximate surface area is 212 Å². The molecule has 0 bridgehead atoms. The molecule has 3 atom stereocenters. The second-order valence-electron chi connectivity index (χ2n) is 9.81. The van der Waals surface area contributed by atoms with Gasteiger partial charge in [-0.3, -0.25) is 4.79 Å². The number of aliphatic hydroxyl groups is 1. The number of hydrogen-bond acceptors (Lipinski definition) is 4. The molecule has 1 aliphatic carbocycles. The van der Waals surface area contributed by atoms with Crippen molar-refractivity contribution in [1.29, 1.82) is 0 Å². The number of primary amides is 1. The van der Waals surface area contributed by atoms with Gasteiger partial charge in [0.05, 0.1) is 22.7 Å². The summed E-state index contributed by atoms with van der Waals surface area (Å²) in [5, 5.41) is 13.7. The van der Waals surface area contributed by atoms with Crippen molar-refractivity contribution in [2.75, 3.05) is 6.54 Å². The van der Waals surface area contributed by atoms with Crippen molar-refractivity contribution < 1.29 is 23.4 Å². The van der Waals surface area contributed by atoms with E-state index in [0.717, 1.165) is 24.9 Å². The number of carbonyl (C=O) groups is 1. The highest BCUT2D eigenvalue weighted by Gasteiger charge is 2.50. The van der Waals surface area contributed by atoms with Gasteiger partial charge in [0.1, 0.15) is 17.4 Å². The van der Waals surface area contributed by atoms with E-state index in [1.165, 1.54) is 12.1 Å². The molecule has 0 radical (unpaired) electrons. The summed E-state index contributed by atoms with van der Waals surface area (Å²) < 4.78 is 37.9. The highest BCUT2D eigenvalue weighted by atomic mass is 35.5. The highest BCUT2D eigenvalue weighted by molar-refractivity contribution is 6.34. The average Bonchev–Trinajstić information content (AvgIpc) is 3.61. The summed E-state index contributed by atoms with van der Waals surface area (Å²) in [6.07, 6.45) is 1.82. The van der Waals surface area contributed by atoms with Crippen LogP contribution in [0.1, 0.15) is 58.0 Å². The first-order valence-electron chi connectivity index (χ1n) is 12.1. The Kier molecular flexibility index (Phi) is 5.55. The molecule has 4 N–H and O–H groups in total. The summed E-state index contributed by atoms with van der Waals surface area (Å²) in [5.41, 5.74) is 6.63. The largest absolute Gasteiger partial charge is 0.480 e. The summed E-state index contributed by atoms with van der Waals surface area (Å²) in [4.78, 5) is 12.5. The maximum Gasteiger partial charge on any atom is 0.249 e. The predicted molar refractivity (Wildman–Crippen MR) is 132 cm³/mol. The summed E-state index contributed by atoms with van der Waals surface area (Å²) in [7, 11) is 0. The second-order valence-corrected chi connectivity index (χ2v) is 10.2. The van der Waals surface area contributed by atoms with Crippen LogP contribution >= 0.6 is 11.6 Å². The minimum Gasteiger partial charge on any atom is -0.480 e. The molecular weight excluding hydrogens is 486 g/mol. The van der Waals surface area contributed by atoms with Crippen LogP contribution in [0.3, 0.4) is 0 Å². The summed E-state index contributed by atoms with van der Waals surface area (Å²) >= 11 is 6.52. The van der Waals surface area contributed by atoms with Crippen LogP contribution < -0.4 is 15.8 Å². The van der Waals surface area contributed by atoms with E-state index in [-0.39, 0.29) is 45.5 Å². The van der Waals surface area contributed by atoms with Gasteiger partial charge in [-0.25, -0.2) is 8.78 Å². The number of amides is 1. The van der Waals surface area contributed by atoms with Crippen molar-refractivity contribution in [2.24, 2.45) is 5.73 Å². The number of rotatable bonds is 4. The lowest BCUT2D eigenvalue weighted by Gasteiger charge is -2.35. The van der Waals surface area contributed by atoms with Crippen LogP contribution in [0.4, 0.5) is 8.78 Å². The smallest absolute Gasteiger partial charge is 0.249 e. The third-order valence-corrected chi connectivity index (χ3v) is 8.20. The molecule has 6 rings (SSSR count). The van der Waals surface area contributed by atoms with Crippen molar-refractivity contribution >= 4 is 17.5 Å². The number of hydrogen-bond donors (Lipinski definition) is 3. The zero-order valence-corrected chi connectivity index (χ0v) is 20.2. The normalized spacial score (nSPS) is 24.4. The Morgan fingerprint density at radius 1 is 1.17 bits per heavy atom. The van der Waals surface area contributed by atoms with E-state index in [9.17, 15) is 9.90 Å². The molecule has 1 saturated heterocycles. The van der Waals surface area contributed by atoms with Gasteiger partial charge in [-0.1, -0.05) is 41.9 Å². The van der Waals surface area contributed by atoms with Crippen molar-refractivity contribution in [3.05, 3.63) is 86.9 Å². The number of carbonyl (C=O) groups excluding carboxylic acids is 1. The lowest BCUT2D eigenvalue weighted by molar-refractivity contribution is 0.0539. The molecule has 0 saturated carbocycles. The number of halogens is 3. The number of aliphatic hydroxyl groups excluding tert-OH is 1. The zero-order valence-electron chi connectivity index (χ0n) is 19.4. The standard InChI is InChI=1S/C28H25ClF2N2O3/c29-25-18(30)12-20-17(13-28(36-20,21-7-4-10-33-21)15-5-2-1-3-6-15)23(25)24-16(27(32)35)11-14-8-9-19(34)22(14)26(24)31/h1-3,5-6,11-12,19,21,33-34H,4,7-10,13H2,(H2,32,35)/t19?,21-,28-/m0/s1. The molecule has 36 heavy (non-hydrogen) atoms. The molecule has 2 heterocycles. The van der Waals surface area contributed by atoms with Gasteiger partial charge in [-0.15, -0.1) is 0 Å². The topological polar surface area (TPSA) is 84.6 Å². The second kappa shape index (κ2) is 8.54. The fraction of sp³-hybridized carbons (Fsp3) is 0.321. The van der Waals surface area contributed by atoms with Crippen LogP contribution in [0.2, 0.25) is 5.02 Å². The molecular formula is C28H25ClF2N2O3. The number of ether oxygens (including phenoxy) is 1. The number of fused-ring (bicyclic) bond motifs is 2. The minimum absolute atomic E-state index is 0.0515. The van der Waals surface area contributed by atoms with Gasteiger partial charge in [-0.2, -0.15) is 0 Å². The molecule has 5 nitrogen and oxygen atoms in total. The summed E-state index contributed by atoms with van der Waals surface area (Å²) in [6.45, 7) is 0.824. The minimum atomic E-state index is -1.02. The quantitative estimate of drug-likeness (QED) is 0.464. The molecule has 3 aromatic carbocycles. The summed E-state index contributed by atoms with van der Waals surface area (Å²) in [6, 6.07) is 12.3. The van der Waals surface area contributed by atoms with Crippen LogP contribution in [0.5, 0.6) is 5.75 Å². The number of benzene rings is 3. The van der Waals surface area contributed by atoms with Gasteiger partial charge in [0, 0.05) is 34.7 Å². The van der Waals surface area contributed by atoms with E-state index in [0.29, 0.717) is 24.0 Å². The molecule has 0 spiro atoms. The molecule has 3 aromatic rings. The monoisotopic (exact) mass is 510 g/mol. The van der Waals surface area contributed by atoms with E-state index >= 15 is 8.78 Å². The fourth-order valence-corrected chi connectivity index (χ4v) is 6.45. The van der Waals surface area contributed by atoms with E-state index in [1.807, 2.05) is 30.3 Å². The van der Waals surface area contributed by atoms with Gasteiger partial charge >= 0.3 is 0 Å². The Bertz CT molecular complexity index is 1390. The number of nitrogens with two attached hydrogens (primary N) is 1. The third-order valence-electron chi connectivity index (χ3n) is 7.83. The van der Waals surface area contributed by atoms with Crippen LogP contribution in [0.25, 0.3) is 11.1 Å². The van der Waals surface area contributed by atoms with Crippen molar-refractivity contribution in [1.82, 2.24) is 5.32 Å². The Morgan fingerprint density at radius 2 is 1.94 bits per heavy atom. The summed E-state index contributed by atoms with van der Waals surface area (Å²) in [5.74, 6) is -2.19. The SMILES string of the molecule is NC(=O)c1cc2c(c(F)c1-c1c(Cl)c(F)cc3c1C[C@](c1ccccc1)([C@@H]1CCCN1)O3)C(O)CC2. The number of aryl methyl sites for hydroxylation is 1. The van der Waals surface area contributed by atoms with Crippen LogP contribution in [0, 0.1) is 11.6 Å². The lowest BCUT2D eigenvalue weighted by Crippen LogP contribution is -2.48. The van der Waals surface area contributed by atoms with E-state index < -0.39 is 29.2 Å². The van der Waals surface area contributed by atoms with Crippen molar-refractivity contribution in [3.8, 4) is 16.9 Å². The Balaban J connectivity index is 1.61. The molecule has 8 heteroatoms. The van der Waals surface area contributed by atoms with Gasteiger partial charge in [0.15, 0.2) is 5.60 Å². The molecule has 1 amide bonds. The maximum atomic E-state index is 16.1. The lowest BCUT2D eigenvalue weighted by atomic mass is 9.80. The molecule has 0 aromatic heterocycles. The zero-order chi connectivity index (χ0) is 25.2. The first-order chi connectivity index (χ1) is 17.3. The van der Waals surface area contributed by atoms with Crippen molar-refractivity contribution in [3.63, 3.8) is 0 Å². The predicted octanol–water partition coefficient (Wildman–Crippen LogP) is 4.95. The van der Waals surface area contributed by atoms with E-state index in [2.05, 4.69) is 5.32 Å². The molecule has 186 valence electrons.